The number of hydrogen-bond donors (Lipinski definition) is 1. The van der Waals surface area contributed by atoms with Gasteiger partial charge in [0.1, 0.15) is 6.17 Å². The van der Waals surface area contributed by atoms with E-state index in [0.29, 0.717) is 0 Å². The number of hydrogen-bond acceptors (Lipinski definition) is 3. The zero-order valence-electron chi connectivity index (χ0n) is 12.1. The number of unbranched alkanes of at least 4 members (excludes halogenated alkanes) is 1. The fraction of sp³-hybridized carbons (Fsp3) is 0.667. The maximum Gasteiger partial charge on any atom is 0.241 e. The molecule has 1 aromatic rings. The first kappa shape index (κ1) is 14.5. The minimum Gasteiger partial charge on any atom is -0.321 e. The van der Waals surface area contributed by atoms with Crippen molar-refractivity contribution in [2.75, 3.05) is 6.54 Å². The number of nitrogens with one attached hydrogen (secondary N) is 1. The van der Waals surface area contributed by atoms with E-state index in [0.717, 1.165) is 32.2 Å². The molecule has 0 bridgehead atoms. The molecule has 1 aliphatic rings. The number of rotatable bonds is 6. The predicted octanol–water partition coefficient (Wildman–Crippen LogP) is 3.46. The van der Waals surface area contributed by atoms with Gasteiger partial charge in [-0.1, -0.05) is 26.7 Å². The normalized spacial score (nSPS) is 23.3. The van der Waals surface area contributed by atoms with Gasteiger partial charge in [0.05, 0.1) is 6.04 Å². The zero-order valence-corrected chi connectivity index (χ0v) is 12.9. The maximum absolute atomic E-state index is 12.5. The quantitative estimate of drug-likeness (QED) is 0.865. The fourth-order valence-corrected chi connectivity index (χ4v) is 3.56. The number of carbonyl (C=O) groups is 1. The lowest BCUT2D eigenvalue weighted by molar-refractivity contribution is -0.130. The Bertz CT molecular complexity index is 430. The first-order valence-corrected chi connectivity index (χ1v) is 8.11. The molecule has 1 aliphatic heterocycles. The summed E-state index contributed by atoms with van der Waals surface area (Å²) in [6.45, 7) is 7.26. The summed E-state index contributed by atoms with van der Waals surface area (Å²) in [6.07, 6.45) is 4.31. The van der Waals surface area contributed by atoms with Crippen LogP contribution in [0.5, 0.6) is 0 Å². The van der Waals surface area contributed by atoms with Gasteiger partial charge in [-0.2, -0.15) is 0 Å². The second-order valence-corrected chi connectivity index (χ2v) is 6.56. The first-order chi connectivity index (χ1) is 9.17. The summed E-state index contributed by atoms with van der Waals surface area (Å²) >= 11 is 1.79. The van der Waals surface area contributed by atoms with Crippen molar-refractivity contribution < 1.29 is 4.79 Å². The third kappa shape index (κ3) is 3.18. The number of aryl methyl sites for hydroxylation is 1. The molecule has 106 valence electrons. The van der Waals surface area contributed by atoms with E-state index in [2.05, 4.69) is 38.2 Å². The Morgan fingerprint density at radius 2 is 2.11 bits per heavy atom. The highest BCUT2D eigenvalue weighted by Gasteiger charge is 2.38. The van der Waals surface area contributed by atoms with Gasteiger partial charge in [0.2, 0.25) is 5.91 Å². The van der Waals surface area contributed by atoms with Gasteiger partial charge in [0, 0.05) is 16.3 Å². The van der Waals surface area contributed by atoms with E-state index < -0.39 is 0 Å². The van der Waals surface area contributed by atoms with Crippen LogP contribution in [0.15, 0.2) is 12.1 Å². The van der Waals surface area contributed by atoms with E-state index in [1.807, 2.05) is 4.90 Å². The van der Waals surface area contributed by atoms with Crippen LogP contribution in [0.25, 0.3) is 0 Å². The average molecular weight is 280 g/mol. The molecule has 1 fully saturated rings. The smallest absolute Gasteiger partial charge is 0.241 e. The van der Waals surface area contributed by atoms with Crippen molar-refractivity contribution in [3.8, 4) is 0 Å². The standard InChI is InChI=1S/C15H24N2OS/c1-4-6-7-12-15(18)17(10-5-2)14(16-12)13-9-8-11(3)19-13/h8-9,12,14,16H,4-7,10H2,1-3H3. The van der Waals surface area contributed by atoms with E-state index in [4.69, 9.17) is 0 Å². The second-order valence-electron chi connectivity index (χ2n) is 5.24. The molecule has 0 spiro atoms. The van der Waals surface area contributed by atoms with Gasteiger partial charge in [-0.3, -0.25) is 10.1 Å². The Labute approximate surface area is 120 Å². The Morgan fingerprint density at radius 1 is 1.32 bits per heavy atom. The van der Waals surface area contributed by atoms with Crippen LogP contribution < -0.4 is 5.32 Å². The summed E-state index contributed by atoms with van der Waals surface area (Å²) in [5.74, 6) is 0.284. The van der Waals surface area contributed by atoms with E-state index in [-0.39, 0.29) is 18.1 Å². The molecule has 19 heavy (non-hydrogen) atoms. The van der Waals surface area contributed by atoms with Gasteiger partial charge in [0.15, 0.2) is 0 Å². The Hall–Kier alpha value is -0.870. The van der Waals surface area contributed by atoms with Crippen molar-refractivity contribution in [1.29, 1.82) is 0 Å². The molecule has 4 heteroatoms. The second kappa shape index (κ2) is 6.53. The average Bonchev–Trinajstić information content (AvgIpc) is 2.94. The number of nitrogens with zero attached hydrogens (tertiary/aromatic N) is 1. The number of thiophene rings is 1. The molecule has 2 atom stereocenters. The predicted molar refractivity (Wildman–Crippen MR) is 80.2 cm³/mol. The van der Waals surface area contributed by atoms with E-state index in [1.54, 1.807) is 11.3 Å². The molecule has 0 aromatic carbocycles. The van der Waals surface area contributed by atoms with Crippen LogP contribution >= 0.6 is 11.3 Å². The third-order valence-electron chi connectivity index (χ3n) is 3.59. The van der Waals surface area contributed by atoms with Gasteiger partial charge in [-0.25, -0.2) is 0 Å². The van der Waals surface area contributed by atoms with Crippen molar-refractivity contribution >= 4 is 17.2 Å². The fourth-order valence-electron chi connectivity index (χ4n) is 2.61. The zero-order chi connectivity index (χ0) is 13.8. The van der Waals surface area contributed by atoms with Crippen molar-refractivity contribution in [3.05, 3.63) is 21.9 Å². The van der Waals surface area contributed by atoms with Crippen molar-refractivity contribution in [3.63, 3.8) is 0 Å². The molecule has 0 aliphatic carbocycles. The van der Waals surface area contributed by atoms with Crippen LogP contribution in [-0.2, 0) is 4.79 Å². The summed E-state index contributed by atoms with van der Waals surface area (Å²) in [5, 5.41) is 3.53. The summed E-state index contributed by atoms with van der Waals surface area (Å²) in [6, 6.07) is 4.30. The van der Waals surface area contributed by atoms with Crippen LogP contribution in [0.2, 0.25) is 0 Å². The molecule has 1 aromatic heterocycles. The first-order valence-electron chi connectivity index (χ1n) is 7.30. The van der Waals surface area contributed by atoms with Crippen LogP contribution in [0.3, 0.4) is 0 Å². The van der Waals surface area contributed by atoms with E-state index in [1.165, 1.54) is 9.75 Å². The maximum atomic E-state index is 12.5. The van der Waals surface area contributed by atoms with Gasteiger partial charge >= 0.3 is 0 Å². The van der Waals surface area contributed by atoms with Crippen LogP contribution in [0.4, 0.5) is 0 Å². The third-order valence-corrected chi connectivity index (χ3v) is 4.65. The molecule has 1 amide bonds. The SMILES string of the molecule is CCCCC1NC(c2ccc(C)s2)N(CCC)C1=O. The van der Waals surface area contributed by atoms with Crippen LogP contribution in [-0.4, -0.2) is 23.4 Å². The molecule has 2 heterocycles. The largest absolute Gasteiger partial charge is 0.321 e. The molecule has 2 rings (SSSR count). The molecular weight excluding hydrogens is 256 g/mol. The Morgan fingerprint density at radius 3 is 2.68 bits per heavy atom. The van der Waals surface area contributed by atoms with Crippen LogP contribution in [0, 0.1) is 6.92 Å². The summed E-state index contributed by atoms with van der Waals surface area (Å²) in [4.78, 5) is 17.0. The molecule has 1 N–H and O–H groups in total. The Kier molecular flexibility index (Phi) is 4.99. The molecular formula is C15H24N2OS. The minimum absolute atomic E-state index is 0.0129. The topological polar surface area (TPSA) is 32.3 Å². The van der Waals surface area contributed by atoms with Crippen LogP contribution in [0.1, 0.15) is 55.5 Å². The van der Waals surface area contributed by atoms with E-state index in [9.17, 15) is 4.79 Å². The molecule has 2 unspecified atom stereocenters. The van der Waals surface area contributed by atoms with Crippen molar-refractivity contribution in [2.45, 2.75) is 58.7 Å². The number of carbonyl (C=O) groups excluding carboxylic acids is 1. The summed E-state index contributed by atoms with van der Waals surface area (Å²) < 4.78 is 0. The molecule has 0 saturated carbocycles. The minimum atomic E-state index is 0.0129. The lowest BCUT2D eigenvalue weighted by atomic mass is 10.1. The monoisotopic (exact) mass is 280 g/mol. The Balaban J connectivity index is 2.14. The lowest BCUT2D eigenvalue weighted by Crippen LogP contribution is -2.31. The highest BCUT2D eigenvalue weighted by atomic mass is 32.1. The molecule has 1 saturated heterocycles. The van der Waals surface area contributed by atoms with Gasteiger partial charge < -0.3 is 4.90 Å². The summed E-state index contributed by atoms with van der Waals surface area (Å²) in [5.41, 5.74) is 0. The molecule has 0 radical (unpaired) electrons. The highest BCUT2D eigenvalue weighted by Crippen LogP contribution is 2.31. The van der Waals surface area contributed by atoms with Gasteiger partial charge in [-0.05, 0) is 31.9 Å². The van der Waals surface area contributed by atoms with E-state index >= 15 is 0 Å². The van der Waals surface area contributed by atoms with Gasteiger partial charge in [0.25, 0.3) is 0 Å². The lowest BCUT2D eigenvalue weighted by Gasteiger charge is -2.22. The summed E-state index contributed by atoms with van der Waals surface area (Å²) in [7, 11) is 0. The molecule has 3 nitrogen and oxygen atoms in total. The number of amides is 1. The van der Waals surface area contributed by atoms with Crippen molar-refractivity contribution in [2.24, 2.45) is 0 Å². The van der Waals surface area contributed by atoms with Crippen molar-refractivity contribution in [1.82, 2.24) is 10.2 Å². The highest BCUT2D eigenvalue weighted by molar-refractivity contribution is 7.12. The van der Waals surface area contributed by atoms with Gasteiger partial charge in [-0.15, -0.1) is 11.3 Å².